The molecule has 45 heavy (non-hydrogen) atoms. The molecule has 1 fully saturated rings. The number of ether oxygens (including phenoxy) is 2. The monoisotopic (exact) mass is 635 g/mol. The molecule has 0 spiro atoms. The summed E-state index contributed by atoms with van der Waals surface area (Å²) in [5.41, 5.74) is 1.45. The lowest BCUT2D eigenvalue weighted by molar-refractivity contribution is -0.277. The van der Waals surface area contributed by atoms with Crippen LogP contribution in [0, 0.1) is 0 Å². The van der Waals surface area contributed by atoms with Gasteiger partial charge in [0.15, 0.2) is 23.0 Å². The highest BCUT2D eigenvalue weighted by atomic mass is 16.7. The van der Waals surface area contributed by atoms with Gasteiger partial charge in [-0.25, -0.2) is 0 Å². The van der Waals surface area contributed by atoms with Gasteiger partial charge < -0.3 is 61.2 Å². The lowest BCUT2D eigenvalue weighted by atomic mass is 9.99. The first-order valence-electron chi connectivity index (χ1n) is 15.1. The summed E-state index contributed by atoms with van der Waals surface area (Å²) in [5, 5.41) is 77.4. The van der Waals surface area contributed by atoms with Crippen molar-refractivity contribution in [2.75, 3.05) is 32.8 Å². The summed E-state index contributed by atoms with van der Waals surface area (Å²) in [6, 6.07) is 9.03. The zero-order chi connectivity index (χ0) is 32.8. The van der Waals surface area contributed by atoms with Gasteiger partial charge in [-0.15, -0.1) is 0 Å². The van der Waals surface area contributed by atoms with E-state index in [4.69, 9.17) is 9.47 Å². The van der Waals surface area contributed by atoms with Crippen LogP contribution in [0.4, 0.5) is 0 Å². The van der Waals surface area contributed by atoms with Crippen molar-refractivity contribution in [3.8, 4) is 23.0 Å². The molecule has 0 unspecified atom stereocenters. The van der Waals surface area contributed by atoms with E-state index in [2.05, 4.69) is 16.0 Å². The van der Waals surface area contributed by atoms with E-state index in [1.165, 1.54) is 24.3 Å². The van der Waals surface area contributed by atoms with Crippen molar-refractivity contribution in [3.63, 3.8) is 0 Å². The van der Waals surface area contributed by atoms with E-state index >= 15 is 0 Å². The van der Waals surface area contributed by atoms with E-state index in [9.17, 15) is 45.3 Å². The van der Waals surface area contributed by atoms with E-state index in [1.54, 1.807) is 12.1 Å². The summed E-state index contributed by atoms with van der Waals surface area (Å²) in [5.74, 6) is -0.875. The van der Waals surface area contributed by atoms with Crippen molar-refractivity contribution >= 4 is 11.8 Å². The minimum atomic E-state index is -1.60. The number of hydrogen-bond acceptors (Lipinski definition) is 12. The Bertz CT molecular complexity index is 1230. The molecule has 14 heteroatoms. The Hall–Kier alpha value is -3.66. The number of benzene rings is 2. The van der Waals surface area contributed by atoms with E-state index in [1.807, 2.05) is 0 Å². The predicted molar refractivity (Wildman–Crippen MR) is 162 cm³/mol. The number of carbonyl (C=O) groups is 2. The predicted octanol–water partition coefficient (Wildman–Crippen LogP) is -0.460. The summed E-state index contributed by atoms with van der Waals surface area (Å²) < 4.78 is 10.8. The third-order valence-electron chi connectivity index (χ3n) is 7.39. The molecule has 1 aliphatic heterocycles. The van der Waals surface area contributed by atoms with Crippen molar-refractivity contribution in [3.05, 3.63) is 47.5 Å². The molecule has 2 amide bonds. The molecular weight excluding hydrogens is 590 g/mol. The maximum atomic E-state index is 12.2. The fraction of sp³-hybridized carbons (Fsp3) is 0.548. The van der Waals surface area contributed by atoms with Crippen LogP contribution >= 0.6 is 0 Å². The first-order valence-corrected chi connectivity index (χ1v) is 15.1. The molecule has 1 saturated heterocycles. The van der Waals surface area contributed by atoms with Crippen molar-refractivity contribution in [2.24, 2.45) is 0 Å². The van der Waals surface area contributed by atoms with Crippen LogP contribution in [0.5, 0.6) is 23.0 Å². The number of aryl methyl sites for hydroxylation is 2. The van der Waals surface area contributed by atoms with Gasteiger partial charge in [0.05, 0.1) is 6.61 Å². The zero-order valence-corrected chi connectivity index (χ0v) is 25.1. The molecule has 0 radical (unpaired) electrons. The fourth-order valence-corrected chi connectivity index (χ4v) is 4.69. The standard InChI is InChI=1S/C31H45N3O11/c35-18-25-28(41)29(42)30(43)31(45-25)44-24-9-5-20(17-23(24)38)7-11-27(40)34-15-3-13-32-12-1-2-14-33-26(39)10-6-19-4-8-21(36)22(37)16-19/h4-5,8-9,16-17,25,28-32,35-38,41-43H,1-3,6-7,10-15,18H2,(H,33,39)(H,34,40)/t25-,28-,29+,30-,31-/m1/s1. The van der Waals surface area contributed by atoms with Crippen LogP contribution in [-0.4, -0.2) is 111 Å². The fourth-order valence-electron chi connectivity index (χ4n) is 4.69. The second-order valence-corrected chi connectivity index (χ2v) is 11.0. The molecule has 1 aliphatic rings. The lowest BCUT2D eigenvalue weighted by Crippen LogP contribution is -2.60. The molecular formula is C31H45N3O11. The lowest BCUT2D eigenvalue weighted by Gasteiger charge is -2.39. The van der Waals surface area contributed by atoms with Crippen molar-refractivity contribution in [2.45, 2.75) is 75.7 Å². The molecule has 2 aromatic rings. The Morgan fingerprint density at radius 3 is 1.91 bits per heavy atom. The Labute approximate surface area is 261 Å². The number of rotatable bonds is 18. The van der Waals surface area contributed by atoms with Gasteiger partial charge in [-0.05, 0) is 80.6 Å². The number of phenolic OH excluding ortho intramolecular Hbond substituents is 3. The number of aliphatic hydroxyl groups excluding tert-OH is 4. The second-order valence-electron chi connectivity index (χ2n) is 11.0. The van der Waals surface area contributed by atoms with Gasteiger partial charge in [-0.1, -0.05) is 12.1 Å². The molecule has 10 N–H and O–H groups in total. The highest BCUT2D eigenvalue weighted by molar-refractivity contribution is 5.76. The average Bonchev–Trinajstić information content (AvgIpc) is 3.02. The molecule has 0 bridgehead atoms. The number of aliphatic hydroxyl groups is 4. The van der Waals surface area contributed by atoms with Gasteiger partial charge in [0.1, 0.15) is 24.4 Å². The summed E-state index contributed by atoms with van der Waals surface area (Å²) in [6.07, 6.45) is -3.46. The Balaban J connectivity index is 1.20. The molecule has 1 heterocycles. The summed E-state index contributed by atoms with van der Waals surface area (Å²) >= 11 is 0. The van der Waals surface area contributed by atoms with E-state index < -0.39 is 37.3 Å². The van der Waals surface area contributed by atoms with Crippen molar-refractivity contribution < 1.29 is 54.8 Å². The third kappa shape index (κ3) is 11.7. The van der Waals surface area contributed by atoms with Gasteiger partial charge in [0.2, 0.25) is 18.1 Å². The van der Waals surface area contributed by atoms with Gasteiger partial charge in [0, 0.05) is 25.9 Å². The van der Waals surface area contributed by atoms with Crippen LogP contribution in [0.15, 0.2) is 36.4 Å². The largest absolute Gasteiger partial charge is 0.504 e. The molecule has 2 aromatic carbocycles. The van der Waals surface area contributed by atoms with Crippen LogP contribution in [0.1, 0.15) is 43.2 Å². The maximum Gasteiger partial charge on any atom is 0.229 e. The number of unbranched alkanes of at least 4 members (excludes halogenated alkanes) is 1. The number of carbonyl (C=O) groups excluding carboxylic acids is 2. The quantitative estimate of drug-likeness (QED) is 0.0741. The topological polar surface area (TPSA) is 230 Å². The first kappa shape index (κ1) is 35.8. The van der Waals surface area contributed by atoms with Crippen LogP contribution in [0.2, 0.25) is 0 Å². The molecule has 0 saturated carbocycles. The number of nitrogens with one attached hydrogen (secondary N) is 3. The number of amides is 2. The van der Waals surface area contributed by atoms with E-state index in [0.717, 1.165) is 37.9 Å². The molecule has 14 nitrogen and oxygen atoms in total. The Kier molecular flexibility index (Phi) is 14.6. The number of aromatic hydroxyl groups is 3. The second kappa shape index (κ2) is 18.3. The van der Waals surface area contributed by atoms with Crippen LogP contribution < -0.4 is 20.7 Å². The Morgan fingerprint density at radius 1 is 0.711 bits per heavy atom. The van der Waals surface area contributed by atoms with Crippen molar-refractivity contribution in [1.29, 1.82) is 0 Å². The number of phenols is 3. The third-order valence-corrected chi connectivity index (χ3v) is 7.39. The molecule has 3 rings (SSSR count). The summed E-state index contributed by atoms with van der Waals surface area (Å²) in [4.78, 5) is 24.2. The average molecular weight is 636 g/mol. The van der Waals surface area contributed by atoms with Crippen LogP contribution in [0.3, 0.4) is 0 Å². The molecule has 0 aliphatic carbocycles. The molecule has 250 valence electrons. The summed E-state index contributed by atoms with van der Waals surface area (Å²) in [7, 11) is 0. The van der Waals surface area contributed by atoms with E-state index in [0.29, 0.717) is 37.9 Å². The van der Waals surface area contributed by atoms with Gasteiger partial charge in [-0.2, -0.15) is 0 Å². The first-order chi connectivity index (χ1) is 21.6. The van der Waals surface area contributed by atoms with Gasteiger partial charge >= 0.3 is 0 Å². The smallest absolute Gasteiger partial charge is 0.229 e. The number of hydrogen-bond donors (Lipinski definition) is 10. The maximum absolute atomic E-state index is 12.2. The van der Waals surface area contributed by atoms with E-state index in [-0.39, 0.29) is 41.2 Å². The SMILES string of the molecule is O=C(CCc1ccc(O)c(O)c1)NCCCCNCCCNC(=O)CCc1ccc(O[C@@H]2O[C@H](CO)[C@@H](O)[C@H](O)[C@H]2O)c(O)c1. The van der Waals surface area contributed by atoms with Crippen molar-refractivity contribution in [1.82, 2.24) is 16.0 Å². The molecule has 0 aromatic heterocycles. The van der Waals surface area contributed by atoms with Gasteiger partial charge in [-0.3, -0.25) is 9.59 Å². The van der Waals surface area contributed by atoms with Crippen LogP contribution in [-0.2, 0) is 27.2 Å². The Morgan fingerprint density at radius 2 is 1.29 bits per heavy atom. The highest BCUT2D eigenvalue weighted by Gasteiger charge is 2.44. The molecule has 5 atom stereocenters. The normalized spacial score (nSPS) is 21.3. The minimum absolute atomic E-state index is 0.0330. The van der Waals surface area contributed by atoms with Gasteiger partial charge in [0.25, 0.3) is 0 Å². The zero-order valence-electron chi connectivity index (χ0n) is 25.1. The van der Waals surface area contributed by atoms with Crippen LogP contribution in [0.25, 0.3) is 0 Å². The summed E-state index contributed by atoms with van der Waals surface area (Å²) in [6.45, 7) is 2.00. The highest BCUT2D eigenvalue weighted by Crippen LogP contribution is 2.31. The minimum Gasteiger partial charge on any atom is -0.504 e.